The largest absolute Gasteiger partial charge is 0.507 e. The van der Waals surface area contributed by atoms with E-state index in [1.807, 2.05) is 39.8 Å². The summed E-state index contributed by atoms with van der Waals surface area (Å²) in [5, 5.41) is 67.1. The fourth-order valence-electron chi connectivity index (χ4n) is 5.36. The molecule has 0 radical (unpaired) electrons. The molecule has 0 unspecified atom stereocenters. The minimum Gasteiger partial charge on any atom is -0.507 e. The maximum atomic E-state index is 11.6. The van der Waals surface area contributed by atoms with Gasteiger partial charge >= 0.3 is 0 Å². The van der Waals surface area contributed by atoms with Crippen LogP contribution in [0.4, 0.5) is 0 Å². The second kappa shape index (κ2) is 9.69. The Morgan fingerprint density at radius 3 is 1.14 bits per heavy atom. The van der Waals surface area contributed by atoms with Gasteiger partial charge in [0, 0.05) is 33.0 Å². The Hall–Kier alpha value is -3.80. The predicted octanol–water partition coefficient (Wildman–Crippen LogP) is 6.92. The smallest absolute Gasteiger partial charge is 0.161 e. The lowest BCUT2D eigenvalue weighted by atomic mass is 9.85. The van der Waals surface area contributed by atoms with Gasteiger partial charge in [-0.25, -0.2) is 0 Å². The van der Waals surface area contributed by atoms with Gasteiger partial charge in [-0.05, 0) is 71.8 Å². The average Bonchev–Trinajstić information content (AvgIpc) is 2.86. The van der Waals surface area contributed by atoms with Crippen LogP contribution in [0, 0.1) is 0 Å². The van der Waals surface area contributed by atoms with Crippen LogP contribution in [0.15, 0.2) is 24.3 Å². The van der Waals surface area contributed by atoms with Gasteiger partial charge in [0.2, 0.25) is 0 Å². The number of aryl methyl sites for hydroxylation is 4. The highest BCUT2D eigenvalue weighted by atomic mass is 16.3. The monoisotopic (exact) mass is 490 g/mol. The first-order valence-corrected chi connectivity index (χ1v) is 12.6. The van der Waals surface area contributed by atoms with E-state index in [1.54, 1.807) is 0 Å². The van der Waals surface area contributed by atoms with Crippen molar-refractivity contribution in [3.05, 3.63) is 46.5 Å². The van der Waals surface area contributed by atoms with Crippen LogP contribution in [0.2, 0.25) is 0 Å². The first-order chi connectivity index (χ1) is 17.2. The molecule has 4 aromatic rings. The fourth-order valence-corrected chi connectivity index (χ4v) is 5.36. The molecular formula is C30H34O6. The Bertz CT molecular complexity index is 1370. The van der Waals surface area contributed by atoms with Crippen molar-refractivity contribution >= 4 is 21.5 Å². The number of aromatic hydroxyl groups is 6. The lowest BCUT2D eigenvalue weighted by Gasteiger charge is -2.22. The van der Waals surface area contributed by atoms with E-state index in [1.165, 1.54) is 12.1 Å². The van der Waals surface area contributed by atoms with Gasteiger partial charge in [0.15, 0.2) is 23.0 Å². The summed E-state index contributed by atoms with van der Waals surface area (Å²) in [6, 6.07) is 6.53. The van der Waals surface area contributed by atoms with Crippen LogP contribution in [0.5, 0.6) is 34.5 Å². The third-order valence-electron chi connectivity index (χ3n) is 7.12. The van der Waals surface area contributed by atoms with Crippen molar-refractivity contribution in [2.75, 3.05) is 0 Å². The van der Waals surface area contributed by atoms with Crippen LogP contribution in [0.1, 0.15) is 62.8 Å². The Balaban J connectivity index is 2.16. The van der Waals surface area contributed by atoms with Crippen LogP contribution in [0.3, 0.4) is 0 Å². The van der Waals surface area contributed by atoms with E-state index in [4.69, 9.17) is 0 Å². The summed E-state index contributed by atoms with van der Waals surface area (Å²) in [4.78, 5) is 0. The predicted molar refractivity (Wildman–Crippen MR) is 144 cm³/mol. The lowest BCUT2D eigenvalue weighted by Crippen LogP contribution is -1.99. The highest BCUT2D eigenvalue weighted by Crippen LogP contribution is 2.51. The highest BCUT2D eigenvalue weighted by Gasteiger charge is 2.25. The first kappa shape index (κ1) is 25.3. The molecular weight excluding hydrogens is 456 g/mol. The van der Waals surface area contributed by atoms with Crippen LogP contribution in [-0.4, -0.2) is 30.6 Å². The SMILES string of the molecule is CCCc1c(O)c(O)cc2c(O)c(-c3c(CC)cc4c(CCC)c(O)c(O)cc4c3O)c(CC)cc12. The zero-order chi connectivity index (χ0) is 26.3. The van der Waals surface area contributed by atoms with Crippen molar-refractivity contribution < 1.29 is 30.6 Å². The van der Waals surface area contributed by atoms with E-state index in [-0.39, 0.29) is 34.5 Å². The summed E-state index contributed by atoms with van der Waals surface area (Å²) >= 11 is 0. The molecule has 0 aromatic heterocycles. The maximum Gasteiger partial charge on any atom is 0.161 e. The number of phenols is 6. The zero-order valence-electron chi connectivity index (χ0n) is 21.2. The van der Waals surface area contributed by atoms with Crippen molar-refractivity contribution in [2.24, 2.45) is 0 Å². The number of phenolic OH excluding ortho intramolecular Hbond substituents is 6. The van der Waals surface area contributed by atoms with Crippen molar-refractivity contribution in [3.63, 3.8) is 0 Å². The van der Waals surface area contributed by atoms with E-state index in [2.05, 4.69) is 0 Å². The topological polar surface area (TPSA) is 121 Å². The zero-order valence-corrected chi connectivity index (χ0v) is 21.2. The Labute approximate surface area is 210 Å². The van der Waals surface area contributed by atoms with Crippen LogP contribution < -0.4 is 0 Å². The molecule has 0 amide bonds. The molecule has 0 bridgehead atoms. The van der Waals surface area contributed by atoms with Crippen molar-refractivity contribution in [2.45, 2.75) is 66.2 Å². The molecule has 0 saturated heterocycles. The Kier molecular flexibility index (Phi) is 6.81. The number of fused-ring (bicyclic) bond motifs is 2. The van der Waals surface area contributed by atoms with Gasteiger partial charge in [-0.3, -0.25) is 0 Å². The van der Waals surface area contributed by atoms with Crippen LogP contribution >= 0.6 is 0 Å². The van der Waals surface area contributed by atoms with E-state index >= 15 is 0 Å². The number of hydrogen-bond acceptors (Lipinski definition) is 6. The molecule has 0 fully saturated rings. The third kappa shape index (κ3) is 3.81. The summed E-state index contributed by atoms with van der Waals surface area (Å²) in [5.41, 5.74) is 3.63. The minimum atomic E-state index is -0.306. The maximum absolute atomic E-state index is 11.6. The standard InChI is InChI=1S/C30H34O6/c1-5-9-17-19-11-15(7-3)25(29(35)21(19)13-23(31)27(17)33)26-16(8-4)12-20-18(10-6-2)28(34)24(32)14-22(20)30(26)36/h11-14,31-36H,5-10H2,1-4H3. The molecule has 0 spiro atoms. The molecule has 36 heavy (non-hydrogen) atoms. The summed E-state index contributed by atoms with van der Waals surface area (Å²) in [5.74, 6) is -1.14. The number of hydrogen-bond donors (Lipinski definition) is 6. The summed E-state index contributed by atoms with van der Waals surface area (Å²) in [6.07, 6.45) is 3.66. The first-order valence-electron chi connectivity index (χ1n) is 12.6. The van der Waals surface area contributed by atoms with E-state index < -0.39 is 0 Å². The molecule has 4 rings (SSSR count). The second-order valence-electron chi connectivity index (χ2n) is 9.36. The molecule has 0 aliphatic rings. The van der Waals surface area contributed by atoms with Crippen LogP contribution in [0.25, 0.3) is 32.7 Å². The molecule has 6 N–H and O–H groups in total. The number of rotatable bonds is 7. The molecule has 0 saturated carbocycles. The van der Waals surface area contributed by atoms with Gasteiger partial charge in [0.05, 0.1) is 0 Å². The molecule has 0 aliphatic carbocycles. The minimum absolute atomic E-state index is 0.0851. The number of benzene rings is 4. The molecule has 0 heterocycles. The van der Waals surface area contributed by atoms with Gasteiger partial charge in [-0.15, -0.1) is 0 Å². The molecule has 190 valence electrons. The molecule has 0 aliphatic heterocycles. The average molecular weight is 491 g/mol. The van der Waals surface area contributed by atoms with Crippen LogP contribution in [-0.2, 0) is 25.7 Å². The van der Waals surface area contributed by atoms with E-state index in [0.717, 1.165) is 24.0 Å². The Morgan fingerprint density at radius 2 is 0.833 bits per heavy atom. The third-order valence-corrected chi connectivity index (χ3v) is 7.12. The normalized spacial score (nSPS) is 11.6. The van der Waals surface area contributed by atoms with Crippen molar-refractivity contribution in [1.29, 1.82) is 0 Å². The molecule has 4 aromatic carbocycles. The molecule has 6 heteroatoms. The second-order valence-corrected chi connectivity index (χ2v) is 9.36. The van der Waals surface area contributed by atoms with E-state index in [9.17, 15) is 30.6 Å². The fraction of sp³-hybridized carbons (Fsp3) is 0.333. The molecule has 6 nitrogen and oxygen atoms in total. The Morgan fingerprint density at radius 1 is 0.472 bits per heavy atom. The summed E-state index contributed by atoms with van der Waals surface area (Å²) in [7, 11) is 0. The van der Waals surface area contributed by atoms with Gasteiger partial charge in [0.25, 0.3) is 0 Å². The van der Waals surface area contributed by atoms with Gasteiger partial charge in [-0.1, -0.05) is 40.5 Å². The molecule has 0 atom stereocenters. The summed E-state index contributed by atoms with van der Waals surface area (Å²) < 4.78 is 0. The van der Waals surface area contributed by atoms with Gasteiger partial charge < -0.3 is 30.6 Å². The van der Waals surface area contributed by atoms with Gasteiger partial charge in [0.1, 0.15) is 11.5 Å². The van der Waals surface area contributed by atoms with Gasteiger partial charge in [-0.2, -0.15) is 0 Å². The summed E-state index contributed by atoms with van der Waals surface area (Å²) in [6.45, 7) is 7.86. The van der Waals surface area contributed by atoms with E-state index in [0.29, 0.717) is 69.5 Å². The quantitative estimate of drug-likeness (QED) is 0.156. The van der Waals surface area contributed by atoms with Crippen molar-refractivity contribution in [3.8, 4) is 45.6 Å². The lowest BCUT2D eigenvalue weighted by molar-refractivity contribution is 0.400. The van der Waals surface area contributed by atoms with Crippen molar-refractivity contribution in [1.82, 2.24) is 0 Å². The highest BCUT2D eigenvalue weighted by molar-refractivity contribution is 6.06.